The average molecular weight is 282 g/mol. The summed E-state index contributed by atoms with van der Waals surface area (Å²) in [5.74, 6) is -0.272. The van der Waals surface area contributed by atoms with Gasteiger partial charge in [0.2, 0.25) is 0 Å². The van der Waals surface area contributed by atoms with Gasteiger partial charge in [0.25, 0.3) is 0 Å². The Morgan fingerprint density at radius 3 is 2.79 bits per heavy atom. The Hall–Kier alpha value is -1.39. The van der Waals surface area contributed by atoms with E-state index in [2.05, 4.69) is 10.4 Å². The maximum Gasteiger partial charge on any atom is 0.127 e. The summed E-state index contributed by atoms with van der Waals surface area (Å²) in [7, 11) is 1.86. The number of benzene rings is 1. The van der Waals surface area contributed by atoms with Crippen molar-refractivity contribution >= 4 is 11.6 Å². The Bertz CT molecular complexity index is 533. The van der Waals surface area contributed by atoms with Crippen LogP contribution in [0.1, 0.15) is 24.2 Å². The maximum absolute atomic E-state index is 13.8. The van der Waals surface area contributed by atoms with Crippen LogP contribution in [-0.4, -0.2) is 16.3 Å². The molecule has 102 valence electrons. The van der Waals surface area contributed by atoms with Gasteiger partial charge < -0.3 is 5.32 Å². The molecule has 5 heteroatoms. The van der Waals surface area contributed by atoms with Gasteiger partial charge in [-0.2, -0.15) is 5.10 Å². The van der Waals surface area contributed by atoms with Crippen molar-refractivity contribution in [2.24, 2.45) is 7.05 Å². The van der Waals surface area contributed by atoms with Crippen LogP contribution in [-0.2, 0) is 13.5 Å². The van der Waals surface area contributed by atoms with Crippen molar-refractivity contribution in [3.63, 3.8) is 0 Å². The Kier molecular flexibility index (Phi) is 4.56. The van der Waals surface area contributed by atoms with Crippen LogP contribution >= 0.6 is 11.6 Å². The Morgan fingerprint density at radius 2 is 2.21 bits per heavy atom. The number of nitrogens with one attached hydrogen (secondary N) is 1. The van der Waals surface area contributed by atoms with Crippen molar-refractivity contribution in [2.45, 2.75) is 19.4 Å². The van der Waals surface area contributed by atoms with Crippen LogP contribution in [0.5, 0.6) is 0 Å². The summed E-state index contributed by atoms with van der Waals surface area (Å²) in [6.07, 6.45) is 2.36. The third-order valence-electron chi connectivity index (χ3n) is 3.01. The second-order valence-corrected chi connectivity index (χ2v) is 4.84. The lowest BCUT2D eigenvalue weighted by molar-refractivity contribution is 0.511. The summed E-state index contributed by atoms with van der Waals surface area (Å²) in [6.45, 7) is 2.80. The highest BCUT2D eigenvalue weighted by atomic mass is 35.5. The van der Waals surface area contributed by atoms with Crippen molar-refractivity contribution in [2.75, 3.05) is 6.54 Å². The van der Waals surface area contributed by atoms with Crippen molar-refractivity contribution in [1.29, 1.82) is 0 Å². The molecule has 0 aliphatic heterocycles. The number of aryl methyl sites for hydroxylation is 1. The van der Waals surface area contributed by atoms with Gasteiger partial charge in [0, 0.05) is 23.8 Å². The van der Waals surface area contributed by atoms with Gasteiger partial charge in [-0.3, -0.25) is 4.68 Å². The van der Waals surface area contributed by atoms with Gasteiger partial charge in [-0.05, 0) is 31.2 Å². The van der Waals surface area contributed by atoms with E-state index in [1.54, 1.807) is 16.8 Å². The smallest absolute Gasteiger partial charge is 0.127 e. The predicted molar refractivity (Wildman–Crippen MR) is 74.7 cm³/mol. The molecule has 0 spiro atoms. The molecule has 1 aromatic carbocycles. The molecular weight excluding hydrogens is 265 g/mol. The first-order chi connectivity index (χ1) is 9.11. The molecule has 1 N–H and O–H groups in total. The molecule has 1 atom stereocenters. The lowest BCUT2D eigenvalue weighted by Crippen LogP contribution is -2.24. The molecule has 0 saturated carbocycles. The van der Waals surface area contributed by atoms with Crippen LogP contribution < -0.4 is 5.32 Å². The van der Waals surface area contributed by atoms with E-state index in [4.69, 9.17) is 11.6 Å². The number of nitrogens with zero attached hydrogens (tertiary/aromatic N) is 2. The normalized spacial score (nSPS) is 12.6. The minimum Gasteiger partial charge on any atom is -0.309 e. The van der Waals surface area contributed by atoms with Crippen LogP contribution in [0.3, 0.4) is 0 Å². The van der Waals surface area contributed by atoms with E-state index in [9.17, 15) is 4.39 Å². The van der Waals surface area contributed by atoms with E-state index in [1.165, 1.54) is 6.07 Å². The van der Waals surface area contributed by atoms with Crippen molar-refractivity contribution in [3.8, 4) is 0 Å². The molecule has 0 radical (unpaired) electrons. The van der Waals surface area contributed by atoms with Crippen molar-refractivity contribution in [1.82, 2.24) is 15.1 Å². The third kappa shape index (κ3) is 3.33. The second kappa shape index (κ2) is 6.17. The summed E-state index contributed by atoms with van der Waals surface area (Å²) in [5, 5.41) is 8.15. The molecule has 1 aromatic heterocycles. The summed E-state index contributed by atoms with van der Waals surface area (Å²) >= 11 is 6.07. The van der Waals surface area contributed by atoms with Crippen LogP contribution in [0.2, 0.25) is 5.02 Å². The zero-order chi connectivity index (χ0) is 13.8. The zero-order valence-electron chi connectivity index (χ0n) is 11.0. The van der Waals surface area contributed by atoms with E-state index in [1.807, 2.05) is 26.2 Å². The van der Waals surface area contributed by atoms with E-state index >= 15 is 0 Å². The van der Waals surface area contributed by atoms with Gasteiger partial charge in [0.1, 0.15) is 5.82 Å². The zero-order valence-corrected chi connectivity index (χ0v) is 11.8. The standard InChI is InChI=1S/C14H17ClFN3/c1-3-17-14(13-7-8-19(2)18-13)9-10-11(15)5-4-6-12(10)16/h4-8,14,17H,3,9H2,1-2H3. The molecule has 3 nitrogen and oxygen atoms in total. The molecule has 2 rings (SSSR count). The van der Waals surface area contributed by atoms with Crippen molar-refractivity contribution < 1.29 is 4.39 Å². The van der Waals surface area contributed by atoms with Gasteiger partial charge in [0.15, 0.2) is 0 Å². The van der Waals surface area contributed by atoms with Gasteiger partial charge in [-0.25, -0.2) is 4.39 Å². The van der Waals surface area contributed by atoms with Crippen LogP contribution in [0.25, 0.3) is 0 Å². The summed E-state index contributed by atoms with van der Waals surface area (Å²) in [4.78, 5) is 0. The van der Waals surface area contributed by atoms with Gasteiger partial charge in [-0.15, -0.1) is 0 Å². The quantitative estimate of drug-likeness (QED) is 0.913. The average Bonchev–Trinajstić information content (AvgIpc) is 2.79. The fraction of sp³-hybridized carbons (Fsp3) is 0.357. The Morgan fingerprint density at radius 1 is 1.42 bits per heavy atom. The van der Waals surface area contributed by atoms with E-state index in [-0.39, 0.29) is 11.9 Å². The maximum atomic E-state index is 13.8. The molecular formula is C14H17ClFN3. The molecule has 0 saturated heterocycles. The van der Waals surface area contributed by atoms with E-state index in [0.29, 0.717) is 17.0 Å². The first-order valence-corrected chi connectivity index (χ1v) is 6.65. The largest absolute Gasteiger partial charge is 0.309 e. The second-order valence-electron chi connectivity index (χ2n) is 4.43. The fourth-order valence-corrected chi connectivity index (χ4v) is 2.32. The molecule has 1 unspecified atom stereocenters. The molecule has 0 aliphatic rings. The monoisotopic (exact) mass is 281 g/mol. The predicted octanol–water partition coefficient (Wildman–Crippen LogP) is 3.11. The number of hydrogen-bond donors (Lipinski definition) is 1. The van der Waals surface area contributed by atoms with Gasteiger partial charge in [0.05, 0.1) is 11.7 Å². The van der Waals surface area contributed by atoms with E-state index < -0.39 is 0 Å². The summed E-state index contributed by atoms with van der Waals surface area (Å²) in [5.41, 5.74) is 1.42. The fourth-order valence-electron chi connectivity index (χ4n) is 2.08. The summed E-state index contributed by atoms with van der Waals surface area (Å²) < 4.78 is 15.6. The highest BCUT2D eigenvalue weighted by molar-refractivity contribution is 6.31. The van der Waals surface area contributed by atoms with Crippen LogP contribution in [0, 0.1) is 5.82 Å². The number of rotatable bonds is 5. The molecule has 0 aliphatic carbocycles. The molecule has 0 fully saturated rings. The minimum atomic E-state index is -0.272. The molecule has 2 aromatic rings. The molecule has 0 amide bonds. The lowest BCUT2D eigenvalue weighted by Gasteiger charge is -2.17. The van der Waals surface area contributed by atoms with E-state index in [0.717, 1.165) is 12.2 Å². The molecule has 1 heterocycles. The van der Waals surface area contributed by atoms with Crippen LogP contribution in [0.4, 0.5) is 4.39 Å². The Balaban J connectivity index is 2.26. The Labute approximate surface area is 117 Å². The van der Waals surface area contributed by atoms with Crippen molar-refractivity contribution in [3.05, 3.63) is 52.6 Å². The number of halogens is 2. The highest BCUT2D eigenvalue weighted by Gasteiger charge is 2.17. The molecule has 19 heavy (non-hydrogen) atoms. The first-order valence-electron chi connectivity index (χ1n) is 6.27. The number of hydrogen-bond acceptors (Lipinski definition) is 2. The highest BCUT2D eigenvalue weighted by Crippen LogP contribution is 2.25. The third-order valence-corrected chi connectivity index (χ3v) is 3.37. The van der Waals surface area contributed by atoms with Crippen LogP contribution in [0.15, 0.2) is 30.5 Å². The minimum absolute atomic E-state index is 0.0411. The lowest BCUT2D eigenvalue weighted by atomic mass is 10.0. The topological polar surface area (TPSA) is 29.9 Å². The number of likely N-dealkylation sites (N-methyl/N-ethyl adjacent to an activating group) is 1. The van der Waals surface area contributed by atoms with Gasteiger partial charge >= 0.3 is 0 Å². The first kappa shape index (κ1) is 14.0. The number of aromatic nitrogens is 2. The molecule has 0 bridgehead atoms. The SMILES string of the molecule is CCNC(Cc1c(F)cccc1Cl)c1ccn(C)n1. The van der Waals surface area contributed by atoms with Gasteiger partial charge in [-0.1, -0.05) is 24.6 Å². The summed E-state index contributed by atoms with van der Waals surface area (Å²) in [6, 6.07) is 6.65.